The fraction of sp³-hybridized carbons (Fsp3) is 0. The predicted molar refractivity (Wildman–Crippen MR) is 61.5 cm³/mol. The number of benzene rings is 1. The number of nitrogens with zero attached hydrogens (tertiary/aromatic N) is 1. The zero-order valence-electron chi connectivity index (χ0n) is 9.08. The number of halogens is 1. The summed E-state index contributed by atoms with van der Waals surface area (Å²) >= 11 is 0. The molecule has 18 heavy (non-hydrogen) atoms. The van der Waals surface area contributed by atoms with Gasteiger partial charge < -0.3 is 0 Å². The molecule has 0 bridgehead atoms. The third-order valence-corrected chi connectivity index (χ3v) is 3.96. The van der Waals surface area contributed by atoms with Gasteiger partial charge in [0.05, 0.1) is 4.90 Å². The number of sulfone groups is 1. The van der Waals surface area contributed by atoms with E-state index >= 15 is 0 Å². The SMILES string of the molecule is O=Cc1ccnc(S(=O)(=O)c2ccc(F)cc2)c1. The molecule has 0 N–H and O–H groups in total. The summed E-state index contributed by atoms with van der Waals surface area (Å²) in [6, 6.07) is 6.98. The van der Waals surface area contributed by atoms with Gasteiger partial charge in [-0.15, -0.1) is 0 Å². The second kappa shape index (κ2) is 4.66. The van der Waals surface area contributed by atoms with Crippen molar-refractivity contribution in [1.82, 2.24) is 4.98 Å². The lowest BCUT2D eigenvalue weighted by Gasteiger charge is -2.03. The van der Waals surface area contributed by atoms with Crippen molar-refractivity contribution in [2.24, 2.45) is 0 Å². The molecule has 0 spiro atoms. The van der Waals surface area contributed by atoms with Gasteiger partial charge in [-0.05, 0) is 36.4 Å². The Hall–Kier alpha value is -2.08. The molecule has 0 saturated heterocycles. The second-order valence-electron chi connectivity index (χ2n) is 3.50. The highest BCUT2D eigenvalue weighted by atomic mass is 32.2. The number of pyridine rings is 1. The number of carbonyl (C=O) groups is 1. The van der Waals surface area contributed by atoms with E-state index in [1.54, 1.807) is 0 Å². The van der Waals surface area contributed by atoms with E-state index in [1.165, 1.54) is 18.3 Å². The maximum Gasteiger partial charge on any atom is 0.223 e. The van der Waals surface area contributed by atoms with Crippen molar-refractivity contribution in [3.05, 3.63) is 54.0 Å². The molecule has 0 aliphatic heterocycles. The fourth-order valence-electron chi connectivity index (χ4n) is 1.38. The first kappa shape index (κ1) is 12.4. The van der Waals surface area contributed by atoms with Crippen molar-refractivity contribution in [3.8, 4) is 0 Å². The van der Waals surface area contributed by atoms with Gasteiger partial charge in [0.2, 0.25) is 9.84 Å². The van der Waals surface area contributed by atoms with Crippen molar-refractivity contribution in [1.29, 1.82) is 0 Å². The van der Waals surface area contributed by atoms with E-state index in [1.807, 2.05) is 0 Å². The Balaban J connectivity index is 2.54. The van der Waals surface area contributed by atoms with Crippen molar-refractivity contribution in [2.75, 3.05) is 0 Å². The Morgan fingerprint density at radius 1 is 1.11 bits per heavy atom. The summed E-state index contributed by atoms with van der Waals surface area (Å²) < 4.78 is 37.0. The van der Waals surface area contributed by atoms with Crippen molar-refractivity contribution >= 4 is 16.1 Å². The maximum atomic E-state index is 12.7. The highest BCUT2D eigenvalue weighted by Crippen LogP contribution is 2.19. The minimum atomic E-state index is -3.82. The summed E-state index contributed by atoms with van der Waals surface area (Å²) in [5.74, 6) is -0.524. The quantitative estimate of drug-likeness (QED) is 0.627. The smallest absolute Gasteiger partial charge is 0.223 e. The van der Waals surface area contributed by atoms with E-state index in [0.717, 1.165) is 24.3 Å². The first-order valence-corrected chi connectivity index (χ1v) is 6.44. The van der Waals surface area contributed by atoms with E-state index < -0.39 is 15.7 Å². The third kappa shape index (κ3) is 2.28. The van der Waals surface area contributed by atoms with E-state index in [4.69, 9.17) is 0 Å². The fourth-order valence-corrected chi connectivity index (χ4v) is 2.61. The van der Waals surface area contributed by atoms with Crippen LogP contribution in [-0.2, 0) is 9.84 Å². The Bertz CT molecular complexity index is 681. The lowest BCUT2D eigenvalue weighted by Crippen LogP contribution is -2.05. The van der Waals surface area contributed by atoms with Crippen LogP contribution in [0.25, 0.3) is 0 Å². The molecule has 4 nitrogen and oxygen atoms in total. The van der Waals surface area contributed by atoms with E-state index in [2.05, 4.69) is 4.98 Å². The van der Waals surface area contributed by atoms with Gasteiger partial charge in [-0.25, -0.2) is 17.8 Å². The minimum Gasteiger partial charge on any atom is -0.298 e. The van der Waals surface area contributed by atoms with E-state index in [0.29, 0.717) is 6.29 Å². The molecule has 1 heterocycles. The summed E-state index contributed by atoms with van der Waals surface area (Å²) in [6.07, 6.45) is 1.77. The Labute approximate surface area is 103 Å². The Morgan fingerprint density at radius 2 is 1.78 bits per heavy atom. The van der Waals surface area contributed by atoms with Crippen LogP contribution in [0.15, 0.2) is 52.5 Å². The molecule has 6 heteroatoms. The summed E-state index contributed by atoms with van der Waals surface area (Å²) in [5, 5.41) is -0.237. The van der Waals surface area contributed by atoms with Crippen LogP contribution in [0.1, 0.15) is 10.4 Å². The van der Waals surface area contributed by atoms with Gasteiger partial charge >= 0.3 is 0 Å². The van der Waals surface area contributed by atoms with Gasteiger partial charge in [0.1, 0.15) is 12.1 Å². The third-order valence-electron chi connectivity index (χ3n) is 2.29. The van der Waals surface area contributed by atoms with Crippen LogP contribution in [0.4, 0.5) is 4.39 Å². The lowest BCUT2D eigenvalue weighted by molar-refractivity contribution is 0.112. The standard InChI is InChI=1S/C12H8FNO3S/c13-10-1-3-11(4-2-10)18(16,17)12-7-9(8-15)5-6-14-12/h1-8H. The van der Waals surface area contributed by atoms with Gasteiger partial charge in [-0.1, -0.05) is 0 Å². The zero-order valence-corrected chi connectivity index (χ0v) is 9.89. The monoisotopic (exact) mass is 265 g/mol. The second-order valence-corrected chi connectivity index (χ2v) is 5.40. The van der Waals surface area contributed by atoms with Crippen LogP contribution in [-0.4, -0.2) is 19.7 Å². The topological polar surface area (TPSA) is 64.1 Å². The van der Waals surface area contributed by atoms with Gasteiger partial charge in [0, 0.05) is 11.8 Å². The van der Waals surface area contributed by atoms with Gasteiger partial charge in [0.25, 0.3) is 0 Å². The summed E-state index contributed by atoms with van der Waals surface area (Å²) in [7, 11) is -3.82. The number of hydrogen-bond donors (Lipinski definition) is 0. The average molecular weight is 265 g/mol. The van der Waals surface area contributed by atoms with Crippen molar-refractivity contribution in [3.63, 3.8) is 0 Å². The van der Waals surface area contributed by atoms with Crippen LogP contribution >= 0.6 is 0 Å². The predicted octanol–water partition coefficient (Wildman–Crippen LogP) is 1.87. The molecule has 0 unspecified atom stereocenters. The van der Waals surface area contributed by atoms with Crippen LogP contribution in [0.3, 0.4) is 0 Å². The molecule has 0 saturated carbocycles. The molecule has 0 aliphatic rings. The molecule has 0 atom stereocenters. The lowest BCUT2D eigenvalue weighted by atomic mass is 10.3. The van der Waals surface area contributed by atoms with E-state index in [9.17, 15) is 17.6 Å². The minimum absolute atomic E-state index is 0.0700. The Morgan fingerprint density at radius 3 is 2.39 bits per heavy atom. The average Bonchev–Trinajstić information content (AvgIpc) is 2.39. The summed E-state index contributed by atoms with van der Waals surface area (Å²) in [4.78, 5) is 14.2. The molecule has 0 amide bonds. The molecular formula is C12H8FNO3S. The number of carbonyl (C=O) groups excluding carboxylic acids is 1. The summed E-state index contributed by atoms with van der Waals surface area (Å²) in [6.45, 7) is 0. The van der Waals surface area contributed by atoms with Crippen molar-refractivity contribution in [2.45, 2.75) is 9.92 Å². The number of aromatic nitrogens is 1. The molecule has 2 aromatic rings. The molecule has 2 rings (SSSR count). The van der Waals surface area contributed by atoms with Crippen molar-refractivity contribution < 1.29 is 17.6 Å². The van der Waals surface area contributed by atoms with Crippen LogP contribution in [0.5, 0.6) is 0 Å². The molecule has 1 aromatic carbocycles. The zero-order chi connectivity index (χ0) is 13.2. The summed E-state index contributed by atoms with van der Waals surface area (Å²) in [5.41, 5.74) is 0.214. The van der Waals surface area contributed by atoms with Crippen LogP contribution < -0.4 is 0 Å². The van der Waals surface area contributed by atoms with Gasteiger partial charge in [0.15, 0.2) is 5.03 Å². The molecule has 92 valence electrons. The number of hydrogen-bond acceptors (Lipinski definition) is 4. The molecule has 0 aliphatic carbocycles. The van der Waals surface area contributed by atoms with Crippen LogP contribution in [0, 0.1) is 5.82 Å². The first-order valence-electron chi connectivity index (χ1n) is 4.96. The maximum absolute atomic E-state index is 12.7. The first-order chi connectivity index (χ1) is 8.54. The highest BCUT2D eigenvalue weighted by molar-refractivity contribution is 7.91. The largest absolute Gasteiger partial charge is 0.298 e. The van der Waals surface area contributed by atoms with Gasteiger partial charge in [-0.3, -0.25) is 4.79 Å². The molecule has 0 radical (unpaired) electrons. The number of aldehydes is 1. The number of rotatable bonds is 3. The van der Waals surface area contributed by atoms with Crippen LogP contribution in [0.2, 0.25) is 0 Å². The molecular weight excluding hydrogens is 257 g/mol. The molecule has 0 fully saturated rings. The van der Waals surface area contributed by atoms with E-state index in [-0.39, 0.29) is 15.5 Å². The normalized spacial score (nSPS) is 11.2. The van der Waals surface area contributed by atoms with Gasteiger partial charge in [-0.2, -0.15) is 0 Å². The highest BCUT2D eigenvalue weighted by Gasteiger charge is 2.19. The molecule has 1 aromatic heterocycles. The Kier molecular flexibility index (Phi) is 3.20.